The number of halogens is 2. The van der Waals surface area contributed by atoms with Gasteiger partial charge in [0, 0.05) is 18.7 Å². The topological polar surface area (TPSA) is 87.2 Å². The predicted octanol–water partition coefficient (Wildman–Crippen LogP) is 2.50. The van der Waals surface area contributed by atoms with Crippen LogP contribution in [0.25, 0.3) is 0 Å². The third-order valence-electron chi connectivity index (χ3n) is 2.11. The van der Waals surface area contributed by atoms with E-state index in [9.17, 15) is 14.9 Å². The van der Waals surface area contributed by atoms with Gasteiger partial charge in [0.15, 0.2) is 0 Å². The lowest BCUT2D eigenvalue weighted by Crippen LogP contribution is -2.27. The Morgan fingerprint density at radius 2 is 2.17 bits per heavy atom. The fourth-order valence-corrected chi connectivity index (χ4v) is 1.62. The highest BCUT2D eigenvalue weighted by Gasteiger charge is 2.21. The SMILES string of the molecule is CN(CC#N)C(=O)c1cc(Cl)c(Cl)c([N+](=O)[O-])c1. The van der Waals surface area contributed by atoms with Crippen LogP contribution in [-0.2, 0) is 0 Å². The lowest BCUT2D eigenvalue weighted by atomic mass is 10.1. The van der Waals surface area contributed by atoms with E-state index in [0.29, 0.717) is 0 Å². The second kappa shape index (κ2) is 5.67. The molecule has 0 saturated carbocycles. The largest absolute Gasteiger partial charge is 0.328 e. The second-order valence-electron chi connectivity index (χ2n) is 3.37. The molecule has 0 radical (unpaired) electrons. The monoisotopic (exact) mass is 287 g/mol. The summed E-state index contributed by atoms with van der Waals surface area (Å²) in [5, 5.41) is 18.9. The summed E-state index contributed by atoms with van der Waals surface area (Å²) in [6, 6.07) is 4.06. The van der Waals surface area contributed by atoms with Gasteiger partial charge in [0.1, 0.15) is 11.6 Å². The van der Waals surface area contributed by atoms with Crippen LogP contribution in [0.4, 0.5) is 5.69 Å². The van der Waals surface area contributed by atoms with E-state index in [4.69, 9.17) is 28.5 Å². The maximum absolute atomic E-state index is 11.8. The molecule has 18 heavy (non-hydrogen) atoms. The van der Waals surface area contributed by atoms with Gasteiger partial charge in [0.25, 0.3) is 11.6 Å². The Morgan fingerprint density at radius 1 is 1.56 bits per heavy atom. The van der Waals surface area contributed by atoms with Crippen LogP contribution >= 0.6 is 23.2 Å². The van der Waals surface area contributed by atoms with Gasteiger partial charge in [0.2, 0.25) is 0 Å². The summed E-state index contributed by atoms with van der Waals surface area (Å²) in [5.41, 5.74) is -0.438. The number of hydrogen-bond acceptors (Lipinski definition) is 4. The molecule has 1 aromatic carbocycles. The molecule has 0 heterocycles. The molecule has 1 aromatic rings. The van der Waals surface area contributed by atoms with Crippen LogP contribution in [0, 0.1) is 21.4 Å². The van der Waals surface area contributed by atoms with E-state index in [1.807, 2.05) is 0 Å². The second-order valence-corrected chi connectivity index (χ2v) is 4.15. The molecule has 1 amide bonds. The summed E-state index contributed by atoms with van der Waals surface area (Å²) in [4.78, 5) is 22.9. The van der Waals surface area contributed by atoms with Crippen LogP contribution in [0.1, 0.15) is 10.4 Å². The van der Waals surface area contributed by atoms with Gasteiger partial charge in [-0.2, -0.15) is 5.26 Å². The van der Waals surface area contributed by atoms with E-state index in [1.54, 1.807) is 6.07 Å². The molecule has 0 N–H and O–H groups in total. The van der Waals surface area contributed by atoms with Crippen molar-refractivity contribution in [2.24, 2.45) is 0 Å². The molecule has 0 saturated heterocycles. The Bertz CT molecular complexity index is 554. The highest BCUT2D eigenvalue weighted by Crippen LogP contribution is 2.33. The van der Waals surface area contributed by atoms with E-state index in [1.165, 1.54) is 13.1 Å². The number of benzene rings is 1. The average Bonchev–Trinajstić information content (AvgIpc) is 2.31. The number of carbonyl (C=O) groups is 1. The number of hydrogen-bond donors (Lipinski definition) is 0. The Kier molecular flexibility index (Phi) is 4.48. The molecule has 0 fully saturated rings. The maximum atomic E-state index is 11.8. The van der Waals surface area contributed by atoms with Gasteiger partial charge in [-0.1, -0.05) is 23.2 Å². The van der Waals surface area contributed by atoms with Gasteiger partial charge < -0.3 is 4.90 Å². The van der Waals surface area contributed by atoms with Gasteiger partial charge in [-0.25, -0.2) is 0 Å². The first kappa shape index (κ1) is 14.2. The molecule has 8 heteroatoms. The van der Waals surface area contributed by atoms with Gasteiger partial charge in [-0.05, 0) is 6.07 Å². The summed E-state index contributed by atoms with van der Waals surface area (Å²) in [6.07, 6.45) is 0. The minimum absolute atomic E-state index is 0.00819. The molecule has 0 bridgehead atoms. The van der Waals surface area contributed by atoms with Crippen LogP contribution in [0.5, 0.6) is 0 Å². The minimum atomic E-state index is -0.727. The molecule has 0 aromatic heterocycles. The fraction of sp³-hybridized carbons (Fsp3) is 0.200. The van der Waals surface area contributed by atoms with Crippen LogP contribution in [-0.4, -0.2) is 29.3 Å². The zero-order valence-corrected chi connectivity index (χ0v) is 10.7. The molecule has 0 aliphatic heterocycles. The first-order chi connectivity index (χ1) is 8.38. The number of nitriles is 1. The van der Waals surface area contributed by atoms with Crippen LogP contribution in [0.3, 0.4) is 0 Å². The van der Waals surface area contributed by atoms with Crippen molar-refractivity contribution in [3.63, 3.8) is 0 Å². The van der Waals surface area contributed by atoms with Gasteiger partial charge >= 0.3 is 0 Å². The number of carbonyl (C=O) groups excluding carboxylic acids is 1. The van der Waals surface area contributed by atoms with Crippen molar-refractivity contribution in [1.29, 1.82) is 5.26 Å². The fourth-order valence-electron chi connectivity index (χ4n) is 1.23. The van der Waals surface area contributed by atoms with Gasteiger partial charge in [-0.3, -0.25) is 14.9 Å². The van der Waals surface area contributed by atoms with Gasteiger partial charge in [0.05, 0.1) is 16.0 Å². The standard InChI is InChI=1S/C10H7Cl2N3O3/c1-14(3-2-13)10(16)6-4-7(11)9(12)8(5-6)15(17)18/h4-5H,3H2,1H3. The number of nitro groups is 1. The van der Waals surface area contributed by atoms with Crippen molar-refractivity contribution < 1.29 is 9.72 Å². The number of rotatable bonds is 3. The Morgan fingerprint density at radius 3 is 2.67 bits per heavy atom. The summed E-state index contributed by atoms with van der Waals surface area (Å²) in [6.45, 7) is -0.132. The lowest BCUT2D eigenvalue weighted by Gasteiger charge is -2.13. The molecule has 94 valence electrons. The highest BCUT2D eigenvalue weighted by molar-refractivity contribution is 6.43. The van der Waals surface area contributed by atoms with Crippen LogP contribution < -0.4 is 0 Å². The van der Waals surface area contributed by atoms with Crippen LogP contribution in [0.2, 0.25) is 10.0 Å². The molecule has 1 rings (SSSR count). The van der Waals surface area contributed by atoms with E-state index >= 15 is 0 Å². The molecular formula is C10H7Cl2N3O3. The number of nitro benzene ring substituents is 1. The van der Waals surface area contributed by atoms with Crippen LogP contribution in [0.15, 0.2) is 12.1 Å². The Hall–Kier alpha value is -1.84. The van der Waals surface area contributed by atoms with Crippen molar-refractivity contribution in [3.8, 4) is 6.07 Å². The number of nitrogens with zero attached hydrogens (tertiary/aromatic N) is 3. The smallest absolute Gasteiger partial charge is 0.290 e. The summed E-state index contributed by atoms with van der Waals surface area (Å²) in [5.74, 6) is -0.543. The zero-order chi connectivity index (χ0) is 13.9. The zero-order valence-electron chi connectivity index (χ0n) is 9.18. The summed E-state index contributed by atoms with van der Waals surface area (Å²) < 4.78 is 0. The van der Waals surface area contributed by atoms with Crippen molar-refractivity contribution in [1.82, 2.24) is 4.90 Å². The molecular weight excluding hydrogens is 281 g/mol. The molecule has 0 unspecified atom stereocenters. The first-order valence-corrected chi connectivity index (χ1v) is 5.40. The van der Waals surface area contributed by atoms with Crippen molar-refractivity contribution in [2.45, 2.75) is 0 Å². The quantitative estimate of drug-likeness (QED) is 0.485. The van der Waals surface area contributed by atoms with E-state index in [0.717, 1.165) is 11.0 Å². The molecule has 6 nitrogen and oxygen atoms in total. The average molecular weight is 288 g/mol. The molecule has 0 aliphatic carbocycles. The van der Waals surface area contributed by atoms with E-state index in [2.05, 4.69) is 0 Å². The molecule has 0 atom stereocenters. The van der Waals surface area contributed by atoms with E-state index in [-0.39, 0.29) is 22.2 Å². The van der Waals surface area contributed by atoms with Crippen molar-refractivity contribution >= 4 is 34.8 Å². The summed E-state index contributed by atoms with van der Waals surface area (Å²) in [7, 11) is 1.40. The maximum Gasteiger partial charge on any atom is 0.290 e. The molecule has 0 aliphatic rings. The van der Waals surface area contributed by atoms with Crippen molar-refractivity contribution in [3.05, 3.63) is 37.9 Å². The number of amides is 1. The first-order valence-electron chi connectivity index (χ1n) is 4.64. The predicted molar refractivity (Wildman–Crippen MR) is 65.7 cm³/mol. The molecule has 0 spiro atoms. The third-order valence-corrected chi connectivity index (χ3v) is 2.90. The Labute approximate surface area is 112 Å². The minimum Gasteiger partial charge on any atom is -0.328 e. The normalized spacial score (nSPS) is 9.67. The van der Waals surface area contributed by atoms with E-state index < -0.39 is 16.5 Å². The van der Waals surface area contributed by atoms with Crippen molar-refractivity contribution in [2.75, 3.05) is 13.6 Å². The Balaban J connectivity index is 3.24. The van der Waals surface area contributed by atoms with Gasteiger partial charge in [-0.15, -0.1) is 0 Å². The summed E-state index contributed by atoms with van der Waals surface area (Å²) >= 11 is 11.4. The third kappa shape index (κ3) is 2.88. The lowest BCUT2D eigenvalue weighted by molar-refractivity contribution is -0.384. The highest BCUT2D eigenvalue weighted by atomic mass is 35.5.